The first-order valence-corrected chi connectivity index (χ1v) is 9.33. The molecule has 0 aliphatic carbocycles. The number of rotatable bonds is 5. The van der Waals surface area contributed by atoms with Gasteiger partial charge in [-0.1, -0.05) is 45.2 Å². The first kappa shape index (κ1) is 16.1. The summed E-state index contributed by atoms with van der Waals surface area (Å²) in [5, 5.41) is 7.07. The lowest BCUT2D eigenvalue weighted by Crippen LogP contribution is -2.72. The summed E-state index contributed by atoms with van der Waals surface area (Å²) >= 11 is 0. The molecule has 23 heavy (non-hydrogen) atoms. The predicted molar refractivity (Wildman–Crippen MR) is 99.8 cm³/mol. The highest BCUT2D eigenvalue weighted by atomic mass is 28.2. The monoisotopic (exact) mass is 325 g/mol. The number of nitrogens with one attached hydrogen (secondary N) is 1. The molecule has 2 aromatic rings. The van der Waals surface area contributed by atoms with Crippen LogP contribution < -0.4 is 8.95 Å². The minimum atomic E-state index is -0.0954. The molecule has 2 heterocycles. The number of para-hydroxylation sites is 1. The lowest BCUT2D eigenvalue weighted by atomic mass is 9.61. The fraction of sp³-hybridized carbons (Fsp3) is 0.429. The molecule has 1 fully saturated rings. The summed E-state index contributed by atoms with van der Waals surface area (Å²) < 4.78 is 7.41. The molecule has 0 amide bonds. The molecule has 1 saturated heterocycles. The van der Waals surface area contributed by atoms with Crippen molar-refractivity contribution in [1.29, 1.82) is 0 Å². The van der Waals surface area contributed by atoms with Crippen LogP contribution in [0.1, 0.15) is 19.8 Å². The van der Waals surface area contributed by atoms with Crippen LogP contribution in [0.5, 0.6) is 0 Å². The van der Waals surface area contributed by atoms with Crippen molar-refractivity contribution < 1.29 is 0 Å². The standard InChI is InChI=1S/C14H23B2N6Si/c1-4-5-11-20-15(2)21(13-9-7-6-8-10-13)23-22(16(20)3)14-17-12-18-19-14/h6-10,12,23H,4-5,11H2,1-3H3,(H,17,18,19). The molecule has 119 valence electrons. The average Bonchev–Trinajstić information content (AvgIpc) is 3.10. The first-order chi connectivity index (χ1) is 11.2. The minimum Gasteiger partial charge on any atom is -0.416 e. The second-order valence-electron chi connectivity index (χ2n) is 5.93. The molecule has 1 aliphatic rings. The second-order valence-corrected chi connectivity index (χ2v) is 7.27. The van der Waals surface area contributed by atoms with Crippen molar-refractivity contribution >= 4 is 35.4 Å². The number of hydrogen-bond acceptors (Lipinski definition) is 5. The molecule has 1 aromatic carbocycles. The van der Waals surface area contributed by atoms with Crippen LogP contribution in [0.25, 0.3) is 0 Å². The van der Waals surface area contributed by atoms with Gasteiger partial charge in [0.25, 0.3) is 9.84 Å². The highest BCUT2D eigenvalue weighted by Gasteiger charge is 2.42. The summed E-state index contributed by atoms with van der Waals surface area (Å²) in [7, 11) is -0.0954. The Balaban J connectivity index is 1.90. The maximum atomic E-state index is 4.38. The van der Waals surface area contributed by atoms with Gasteiger partial charge in [-0.05, 0) is 25.1 Å². The third-order valence-electron chi connectivity index (χ3n) is 4.48. The van der Waals surface area contributed by atoms with Gasteiger partial charge in [0.1, 0.15) is 6.33 Å². The summed E-state index contributed by atoms with van der Waals surface area (Å²) in [5.74, 6) is 0.863. The van der Waals surface area contributed by atoms with Gasteiger partial charge in [-0.3, -0.25) is 0 Å². The number of hydrogen-bond donors (Lipinski definition) is 1. The van der Waals surface area contributed by atoms with E-state index >= 15 is 0 Å². The highest BCUT2D eigenvalue weighted by molar-refractivity contribution is 6.92. The average molecular weight is 325 g/mol. The maximum Gasteiger partial charge on any atom is 0.324 e. The Kier molecular flexibility index (Phi) is 5.07. The van der Waals surface area contributed by atoms with E-state index < -0.39 is 0 Å². The zero-order valence-electron chi connectivity index (χ0n) is 14.1. The van der Waals surface area contributed by atoms with Crippen molar-refractivity contribution in [2.24, 2.45) is 0 Å². The van der Waals surface area contributed by atoms with Crippen LogP contribution in [0.2, 0.25) is 13.6 Å². The smallest absolute Gasteiger partial charge is 0.324 e. The van der Waals surface area contributed by atoms with E-state index in [2.05, 4.69) is 79.8 Å². The first-order valence-electron chi connectivity index (χ1n) is 8.30. The number of aromatic amines is 1. The van der Waals surface area contributed by atoms with Crippen LogP contribution in [-0.4, -0.2) is 50.3 Å². The second kappa shape index (κ2) is 7.23. The summed E-state index contributed by atoms with van der Waals surface area (Å²) in [5.41, 5.74) is 1.27. The molecule has 1 radical (unpaired) electrons. The Hall–Kier alpha value is -1.73. The van der Waals surface area contributed by atoms with Crippen LogP contribution in [-0.2, 0) is 0 Å². The third-order valence-corrected chi connectivity index (χ3v) is 6.39. The van der Waals surface area contributed by atoms with Gasteiger partial charge in [0.2, 0.25) is 5.95 Å². The topological polar surface area (TPSA) is 51.3 Å². The van der Waals surface area contributed by atoms with Crippen molar-refractivity contribution in [2.45, 2.75) is 33.4 Å². The van der Waals surface area contributed by atoms with E-state index in [1.54, 1.807) is 6.33 Å². The van der Waals surface area contributed by atoms with Crippen molar-refractivity contribution in [3.63, 3.8) is 0 Å². The van der Waals surface area contributed by atoms with Crippen LogP contribution in [0, 0.1) is 0 Å². The van der Waals surface area contributed by atoms with E-state index in [1.165, 1.54) is 18.5 Å². The zero-order valence-corrected chi connectivity index (χ0v) is 15.2. The predicted octanol–water partition coefficient (Wildman–Crippen LogP) is 1.74. The summed E-state index contributed by atoms with van der Waals surface area (Å²) in [6.07, 6.45) is 4.00. The van der Waals surface area contributed by atoms with E-state index in [1.807, 2.05) is 0 Å². The molecule has 0 spiro atoms. The number of aromatic nitrogens is 3. The number of H-pyrrole nitrogens is 1. The van der Waals surface area contributed by atoms with Crippen LogP contribution >= 0.6 is 0 Å². The Morgan fingerprint density at radius 1 is 1.13 bits per heavy atom. The minimum absolute atomic E-state index is 0.0954. The summed E-state index contributed by atoms with van der Waals surface area (Å²) in [4.78, 5) is 4.38. The van der Waals surface area contributed by atoms with Crippen molar-refractivity contribution in [2.75, 3.05) is 15.5 Å². The van der Waals surface area contributed by atoms with Crippen LogP contribution in [0.15, 0.2) is 36.7 Å². The molecule has 1 N–H and O–H groups in total. The van der Waals surface area contributed by atoms with Crippen molar-refractivity contribution in [3.05, 3.63) is 36.7 Å². The molecule has 1 aromatic heterocycles. The molecule has 0 unspecified atom stereocenters. The largest absolute Gasteiger partial charge is 0.416 e. The van der Waals surface area contributed by atoms with Crippen molar-refractivity contribution in [1.82, 2.24) is 19.9 Å². The van der Waals surface area contributed by atoms with E-state index in [0.29, 0.717) is 14.0 Å². The van der Waals surface area contributed by atoms with E-state index in [0.717, 1.165) is 12.5 Å². The third kappa shape index (κ3) is 3.30. The zero-order chi connectivity index (χ0) is 16.2. The molecule has 1 aliphatic heterocycles. The quantitative estimate of drug-likeness (QED) is 0.849. The highest BCUT2D eigenvalue weighted by Crippen LogP contribution is 2.24. The molecule has 0 saturated carbocycles. The number of unbranched alkanes of at least 4 members (excludes halogenated alkanes) is 1. The fourth-order valence-electron chi connectivity index (χ4n) is 3.11. The Labute approximate surface area is 141 Å². The van der Waals surface area contributed by atoms with Crippen LogP contribution in [0.3, 0.4) is 0 Å². The van der Waals surface area contributed by atoms with Gasteiger partial charge in [-0.2, -0.15) is 5.10 Å². The Morgan fingerprint density at radius 2 is 1.87 bits per heavy atom. The molecule has 0 atom stereocenters. The molecule has 6 nitrogen and oxygen atoms in total. The summed E-state index contributed by atoms with van der Waals surface area (Å²) in [6.45, 7) is 8.61. The number of benzene rings is 1. The van der Waals surface area contributed by atoms with Crippen molar-refractivity contribution in [3.8, 4) is 0 Å². The van der Waals surface area contributed by atoms with E-state index in [9.17, 15) is 0 Å². The Bertz CT molecular complexity index is 599. The van der Waals surface area contributed by atoms with Gasteiger partial charge >= 0.3 is 14.0 Å². The van der Waals surface area contributed by atoms with E-state index in [4.69, 9.17) is 0 Å². The number of anilines is 2. The Morgan fingerprint density at radius 3 is 2.52 bits per heavy atom. The van der Waals surface area contributed by atoms with Gasteiger partial charge < -0.3 is 13.7 Å². The normalized spacial score (nSPS) is 16.3. The van der Waals surface area contributed by atoms with Gasteiger partial charge in [-0.15, -0.1) is 0 Å². The maximum absolute atomic E-state index is 4.38. The van der Waals surface area contributed by atoms with E-state index in [-0.39, 0.29) is 9.84 Å². The fourth-order valence-corrected chi connectivity index (χ4v) is 4.65. The van der Waals surface area contributed by atoms with Crippen LogP contribution in [0.4, 0.5) is 11.6 Å². The summed E-state index contributed by atoms with van der Waals surface area (Å²) in [6, 6.07) is 10.7. The van der Waals surface area contributed by atoms with Gasteiger partial charge in [0.05, 0.1) is 0 Å². The van der Waals surface area contributed by atoms with Gasteiger partial charge in [-0.25, -0.2) is 10.1 Å². The molecule has 0 bridgehead atoms. The molecule has 9 heteroatoms. The molecular weight excluding hydrogens is 302 g/mol. The number of nitrogens with zero attached hydrogens (tertiary/aromatic N) is 5. The SMILES string of the molecule is CCCCN1B(C)N(c2ccccc2)[SiH]N(c2ncn[nH]2)B1C. The lowest BCUT2D eigenvalue weighted by Gasteiger charge is -2.49. The molecule has 3 rings (SSSR count). The molecular formula is C14H23B2N6Si. The van der Waals surface area contributed by atoms with Gasteiger partial charge in [0.15, 0.2) is 0 Å². The van der Waals surface area contributed by atoms with Gasteiger partial charge in [0, 0.05) is 5.69 Å². The lowest BCUT2D eigenvalue weighted by molar-refractivity contribution is 0.589.